The zero-order valence-electron chi connectivity index (χ0n) is 9.04. The van der Waals surface area contributed by atoms with Crippen molar-refractivity contribution in [2.24, 2.45) is 0 Å². The highest BCUT2D eigenvalue weighted by atomic mass is 35.5. The number of benzene rings is 2. The van der Waals surface area contributed by atoms with Crippen LogP contribution in [0.15, 0.2) is 58.3 Å². The molecule has 0 nitrogen and oxygen atoms in total. The van der Waals surface area contributed by atoms with Gasteiger partial charge in [-0.2, -0.15) is 13.2 Å². The lowest BCUT2D eigenvalue weighted by Gasteiger charge is -2.08. The molecular formula is C13H8ClF3S. The molecule has 18 heavy (non-hydrogen) atoms. The van der Waals surface area contributed by atoms with E-state index in [1.54, 1.807) is 12.1 Å². The van der Waals surface area contributed by atoms with Crippen LogP contribution in [0.4, 0.5) is 13.2 Å². The van der Waals surface area contributed by atoms with Crippen molar-refractivity contribution in [3.05, 3.63) is 59.1 Å². The van der Waals surface area contributed by atoms with Crippen LogP contribution in [0.5, 0.6) is 0 Å². The van der Waals surface area contributed by atoms with Crippen LogP contribution in [0.25, 0.3) is 0 Å². The van der Waals surface area contributed by atoms with Crippen molar-refractivity contribution in [3.63, 3.8) is 0 Å². The highest BCUT2D eigenvalue weighted by molar-refractivity contribution is 7.99. The average Bonchev–Trinajstić information content (AvgIpc) is 2.32. The summed E-state index contributed by atoms with van der Waals surface area (Å²) >= 11 is 7.31. The molecule has 0 aromatic heterocycles. The van der Waals surface area contributed by atoms with E-state index in [4.69, 9.17) is 11.6 Å². The van der Waals surface area contributed by atoms with Crippen LogP contribution >= 0.6 is 23.4 Å². The molecule has 0 saturated heterocycles. The van der Waals surface area contributed by atoms with Crippen LogP contribution in [0.2, 0.25) is 5.02 Å². The van der Waals surface area contributed by atoms with E-state index >= 15 is 0 Å². The molecule has 5 heteroatoms. The average molecular weight is 289 g/mol. The topological polar surface area (TPSA) is 0 Å². The standard InChI is InChI=1S/C13H8ClF3S/c14-11-3-1-2-4-12(11)18-10-7-5-9(6-8-10)13(15,16)17/h1-8H. The molecule has 0 fully saturated rings. The van der Waals surface area contributed by atoms with Crippen LogP contribution in [0.3, 0.4) is 0 Å². The molecule has 0 unspecified atom stereocenters. The van der Waals surface area contributed by atoms with Crippen LogP contribution < -0.4 is 0 Å². The van der Waals surface area contributed by atoms with E-state index in [1.165, 1.54) is 23.9 Å². The van der Waals surface area contributed by atoms with E-state index in [-0.39, 0.29) is 0 Å². The number of halogens is 4. The Labute approximate surface area is 112 Å². The van der Waals surface area contributed by atoms with Gasteiger partial charge >= 0.3 is 6.18 Å². The highest BCUT2D eigenvalue weighted by Crippen LogP contribution is 2.35. The van der Waals surface area contributed by atoms with Crippen molar-refractivity contribution in [2.75, 3.05) is 0 Å². The third kappa shape index (κ3) is 3.21. The molecule has 0 radical (unpaired) electrons. The number of hydrogen-bond acceptors (Lipinski definition) is 1. The molecular weight excluding hydrogens is 281 g/mol. The van der Waals surface area contributed by atoms with Gasteiger partial charge in [-0.25, -0.2) is 0 Å². The van der Waals surface area contributed by atoms with Gasteiger partial charge in [-0.1, -0.05) is 35.5 Å². The Morgan fingerprint density at radius 2 is 1.50 bits per heavy atom. The second-order valence-corrected chi connectivity index (χ2v) is 5.08. The molecule has 0 saturated carbocycles. The van der Waals surface area contributed by atoms with E-state index in [2.05, 4.69) is 0 Å². The van der Waals surface area contributed by atoms with E-state index in [1.807, 2.05) is 12.1 Å². The minimum absolute atomic E-state index is 0.586. The summed E-state index contributed by atoms with van der Waals surface area (Å²) < 4.78 is 37.1. The Hall–Kier alpha value is -1.13. The summed E-state index contributed by atoms with van der Waals surface area (Å²) in [6.45, 7) is 0. The largest absolute Gasteiger partial charge is 0.416 e. The van der Waals surface area contributed by atoms with Crippen LogP contribution in [-0.4, -0.2) is 0 Å². The van der Waals surface area contributed by atoms with Gasteiger partial charge in [0.25, 0.3) is 0 Å². The van der Waals surface area contributed by atoms with Gasteiger partial charge in [0, 0.05) is 9.79 Å². The zero-order chi connectivity index (χ0) is 13.2. The number of hydrogen-bond donors (Lipinski definition) is 0. The van der Waals surface area contributed by atoms with Crippen molar-refractivity contribution in [3.8, 4) is 0 Å². The Balaban J connectivity index is 2.19. The molecule has 0 aliphatic carbocycles. The summed E-state index contributed by atoms with van der Waals surface area (Å²) in [4.78, 5) is 1.54. The van der Waals surface area contributed by atoms with Gasteiger partial charge in [0.15, 0.2) is 0 Å². The Bertz CT molecular complexity index is 535. The summed E-state index contributed by atoms with van der Waals surface area (Å²) in [6.07, 6.45) is -4.30. The molecule has 0 aliphatic heterocycles. The molecule has 94 valence electrons. The van der Waals surface area contributed by atoms with E-state index in [9.17, 15) is 13.2 Å². The molecule has 2 rings (SSSR count). The maximum atomic E-state index is 12.4. The minimum Gasteiger partial charge on any atom is -0.166 e. The molecule has 2 aromatic carbocycles. The third-order valence-electron chi connectivity index (χ3n) is 2.25. The fourth-order valence-electron chi connectivity index (χ4n) is 1.37. The number of alkyl halides is 3. The minimum atomic E-state index is -4.30. The zero-order valence-corrected chi connectivity index (χ0v) is 10.6. The summed E-state index contributed by atoms with van der Waals surface area (Å²) in [5.74, 6) is 0. The van der Waals surface area contributed by atoms with Crippen molar-refractivity contribution in [1.82, 2.24) is 0 Å². The molecule has 0 heterocycles. The third-order valence-corrected chi connectivity index (χ3v) is 3.77. The molecule has 0 aliphatic rings. The first-order valence-electron chi connectivity index (χ1n) is 5.06. The van der Waals surface area contributed by atoms with Gasteiger partial charge in [-0.05, 0) is 36.4 Å². The second kappa shape index (κ2) is 5.24. The predicted octanol–water partition coefficient (Wildman–Crippen LogP) is 5.51. The van der Waals surface area contributed by atoms with Crippen molar-refractivity contribution >= 4 is 23.4 Å². The molecule has 2 aromatic rings. The van der Waals surface area contributed by atoms with Crippen LogP contribution in [0.1, 0.15) is 5.56 Å². The second-order valence-electron chi connectivity index (χ2n) is 3.55. The van der Waals surface area contributed by atoms with Gasteiger partial charge in [-0.3, -0.25) is 0 Å². The van der Waals surface area contributed by atoms with Crippen LogP contribution in [0, 0.1) is 0 Å². The Morgan fingerprint density at radius 1 is 0.889 bits per heavy atom. The SMILES string of the molecule is FC(F)(F)c1ccc(Sc2ccccc2Cl)cc1. The molecule has 0 spiro atoms. The summed E-state index contributed by atoms with van der Waals surface area (Å²) in [7, 11) is 0. The van der Waals surface area contributed by atoms with Crippen molar-refractivity contribution in [1.29, 1.82) is 0 Å². The smallest absolute Gasteiger partial charge is 0.166 e. The van der Waals surface area contributed by atoms with Gasteiger partial charge in [0.05, 0.1) is 10.6 Å². The quantitative estimate of drug-likeness (QED) is 0.702. The monoisotopic (exact) mass is 288 g/mol. The van der Waals surface area contributed by atoms with E-state index in [0.29, 0.717) is 5.02 Å². The maximum absolute atomic E-state index is 12.4. The van der Waals surface area contributed by atoms with Crippen molar-refractivity contribution < 1.29 is 13.2 Å². The summed E-state index contributed by atoms with van der Waals surface area (Å²) in [6, 6.07) is 12.2. The van der Waals surface area contributed by atoms with Crippen molar-refractivity contribution in [2.45, 2.75) is 16.0 Å². The van der Waals surface area contributed by atoms with Gasteiger partial charge < -0.3 is 0 Å². The Morgan fingerprint density at radius 3 is 2.06 bits per heavy atom. The predicted molar refractivity (Wildman–Crippen MR) is 67.0 cm³/mol. The number of rotatable bonds is 2. The molecule has 0 bridgehead atoms. The first-order valence-corrected chi connectivity index (χ1v) is 6.26. The fraction of sp³-hybridized carbons (Fsp3) is 0.0769. The molecule has 0 amide bonds. The van der Waals surface area contributed by atoms with Gasteiger partial charge in [0.1, 0.15) is 0 Å². The first kappa shape index (κ1) is 13.3. The first-order chi connectivity index (χ1) is 8.47. The van der Waals surface area contributed by atoms with E-state index < -0.39 is 11.7 Å². The summed E-state index contributed by atoms with van der Waals surface area (Å²) in [5.41, 5.74) is -0.647. The maximum Gasteiger partial charge on any atom is 0.416 e. The lowest BCUT2D eigenvalue weighted by Crippen LogP contribution is -2.03. The van der Waals surface area contributed by atoms with Gasteiger partial charge in [0.2, 0.25) is 0 Å². The van der Waals surface area contributed by atoms with Gasteiger partial charge in [-0.15, -0.1) is 0 Å². The fourth-order valence-corrected chi connectivity index (χ4v) is 2.46. The molecule has 0 atom stereocenters. The molecule has 0 N–H and O–H groups in total. The lowest BCUT2D eigenvalue weighted by atomic mass is 10.2. The Kier molecular flexibility index (Phi) is 3.88. The normalized spacial score (nSPS) is 11.6. The highest BCUT2D eigenvalue weighted by Gasteiger charge is 2.29. The lowest BCUT2D eigenvalue weighted by molar-refractivity contribution is -0.137. The van der Waals surface area contributed by atoms with E-state index in [0.717, 1.165) is 21.9 Å². The summed E-state index contributed by atoms with van der Waals surface area (Å²) in [5, 5.41) is 0.586. The van der Waals surface area contributed by atoms with Crippen LogP contribution in [-0.2, 0) is 6.18 Å².